The zero-order valence-corrected chi connectivity index (χ0v) is 14.9. The first-order valence-corrected chi connectivity index (χ1v) is 9.98. The highest BCUT2D eigenvalue weighted by atomic mass is 32.2. The Labute approximate surface area is 142 Å². The average Bonchev–Trinajstić information content (AvgIpc) is 2.99. The van der Waals surface area contributed by atoms with Crippen LogP contribution in [0.1, 0.15) is 38.2 Å². The molecule has 0 radical (unpaired) electrons. The van der Waals surface area contributed by atoms with Crippen molar-refractivity contribution < 1.29 is 18.0 Å². The molecule has 7 heteroatoms. The molecule has 1 aromatic rings. The zero-order chi connectivity index (χ0) is 17.8. The van der Waals surface area contributed by atoms with Gasteiger partial charge in [0.1, 0.15) is 4.75 Å². The molecule has 0 aromatic heterocycles. The summed E-state index contributed by atoms with van der Waals surface area (Å²) in [4.78, 5) is 23.4. The van der Waals surface area contributed by atoms with Gasteiger partial charge in [-0.15, -0.1) is 0 Å². The lowest BCUT2D eigenvalue weighted by molar-refractivity contribution is -0.123. The smallest absolute Gasteiger partial charge is 0.241 e. The molecule has 0 unspecified atom stereocenters. The van der Waals surface area contributed by atoms with Gasteiger partial charge in [0.2, 0.25) is 11.8 Å². The molecule has 0 atom stereocenters. The zero-order valence-electron chi connectivity index (χ0n) is 14.1. The van der Waals surface area contributed by atoms with Crippen molar-refractivity contribution in [2.75, 3.05) is 18.1 Å². The monoisotopic (exact) mass is 352 g/mol. The van der Waals surface area contributed by atoms with Crippen molar-refractivity contribution in [1.29, 1.82) is 0 Å². The van der Waals surface area contributed by atoms with Crippen LogP contribution in [0.3, 0.4) is 0 Å². The van der Waals surface area contributed by atoms with Crippen molar-refractivity contribution in [2.45, 2.75) is 43.8 Å². The van der Waals surface area contributed by atoms with Gasteiger partial charge in [-0.1, -0.05) is 25.0 Å². The Kier molecular flexibility index (Phi) is 5.64. The second-order valence-corrected chi connectivity index (χ2v) is 8.68. The van der Waals surface area contributed by atoms with Crippen LogP contribution in [0.15, 0.2) is 24.3 Å². The fourth-order valence-corrected chi connectivity index (χ4v) is 4.59. The highest BCUT2D eigenvalue weighted by Gasteiger charge is 2.49. The lowest BCUT2D eigenvalue weighted by Gasteiger charge is -2.25. The van der Waals surface area contributed by atoms with Crippen LogP contribution in [0, 0.1) is 0 Å². The van der Waals surface area contributed by atoms with Gasteiger partial charge in [0, 0.05) is 25.4 Å². The number of rotatable bonds is 6. The molecule has 0 bridgehead atoms. The summed E-state index contributed by atoms with van der Waals surface area (Å²) < 4.78 is 22.9. The molecule has 2 rings (SSSR count). The van der Waals surface area contributed by atoms with E-state index < -0.39 is 14.6 Å². The normalized spacial score (nSPS) is 16.6. The number of carbonyl (C=O) groups excluding carboxylic acids is 2. The van der Waals surface area contributed by atoms with Crippen molar-refractivity contribution in [2.24, 2.45) is 0 Å². The highest BCUT2D eigenvalue weighted by molar-refractivity contribution is 7.92. The van der Waals surface area contributed by atoms with E-state index in [9.17, 15) is 18.0 Å². The lowest BCUT2D eigenvalue weighted by Crippen LogP contribution is -2.50. The predicted molar refractivity (Wildman–Crippen MR) is 93.5 cm³/mol. The summed E-state index contributed by atoms with van der Waals surface area (Å²) >= 11 is 0. The number of anilines is 1. The van der Waals surface area contributed by atoms with Crippen molar-refractivity contribution in [3.63, 3.8) is 0 Å². The van der Waals surface area contributed by atoms with E-state index in [-0.39, 0.29) is 11.8 Å². The largest absolute Gasteiger partial charge is 0.354 e. The van der Waals surface area contributed by atoms with Gasteiger partial charge >= 0.3 is 0 Å². The number of sulfone groups is 1. The van der Waals surface area contributed by atoms with E-state index in [0.29, 0.717) is 25.8 Å². The Hall–Kier alpha value is -1.89. The third kappa shape index (κ3) is 4.14. The van der Waals surface area contributed by atoms with Gasteiger partial charge in [-0.25, -0.2) is 8.42 Å². The van der Waals surface area contributed by atoms with Crippen LogP contribution in [0.25, 0.3) is 0 Å². The first-order valence-electron chi connectivity index (χ1n) is 8.09. The molecule has 1 aliphatic rings. The van der Waals surface area contributed by atoms with Crippen molar-refractivity contribution in [3.05, 3.63) is 29.8 Å². The minimum absolute atomic E-state index is 0.127. The SMILES string of the molecule is CC(=O)Nc1ccc(CCNC(=O)C2(S(C)(=O)=O)CCCC2)cc1. The molecule has 1 aromatic carbocycles. The van der Waals surface area contributed by atoms with Gasteiger partial charge in [0.05, 0.1) is 0 Å². The van der Waals surface area contributed by atoms with E-state index >= 15 is 0 Å². The molecular formula is C17H24N2O4S. The number of benzene rings is 1. The molecule has 1 saturated carbocycles. The molecular weight excluding hydrogens is 328 g/mol. The number of carbonyl (C=O) groups is 2. The fourth-order valence-electron chi connectivity index (χ4n) is 3.15. The van der Waals surface area contributed by atoms with Crippen LogP contribution in [0.5, 0.6) is 0 Å². The molecule has 132 valence electrons. The van der Waals surface area contributed by atoms with Crippen LogP contribution < -0.4 is 10.6 Å². The van der Waals surface area contributed by atoms with Gasteiger partial charge in [0.15, 0.2) is 9.84 Å². The summed E-state index contributed by atoms with van der Waals surface area (Å²) in [7, 11) is -3.43. The third-order valence-corrected chi connectivity index (χ3v) is 6.52. The number of amides is 2. The maximum atomic E-state index is 12.4. The maximum Gasteiger partial charge on any atom is 0.241 e. The molecule has 0 spiro atoms. The first kappa shape index (κ1) is 18.4. The van der Waals surface area contributed by atoms with E-state index in [1.54, 1.807) is 12.1 Å². The van der Waals surface area contributed by atoms with Crippen molar-refractivity contribution in [3.8, 4) is 0 Å². The quantitative estimate of drug-likeness (QED) is 0.814. The molecule has 24 heavy (non-hydrogen) atoms. The van der Waals surface area contributed by atoms with Gasteiger partial charge in [-0.05, 0) is 37.0 Å². The highest BCUT2D eigenvalue weighted by Crippen LogP contribution is 2.36. The van der Waals surface area contributed by atoms with Crippen LogP contribution in [-0.4, -0.2) is 37.8 Å². The standard InChI is InChI=1S/C17H24N2O4S/c1-13(20)19-15-7-5-14(6-8-15)9-12-18-16(21)17(24(2,22)23)10-3-4-11-17/h5-8H,3-4,9-12H2,1-2H3,(H,18,21)(H,19,20). The Morgan fingerprint density at radius 1 is 1.12 bits per heavy atom. The average molecular weight is 352 g/mol. The van der Waals surface area contributed by atoms with E-state index in [4.69, 9.17) is 0 Å². The van der Waals surface area contributed by atoms with Gasteiger partial charge in [-0.2, -0.15) is 0 Å². The van der Waals surface area contributed by atoms with E-state index in [1.807, 2.05) is 12.1 Å². The topological polar surface area (TPSA) is 92.3 Å². The third-order valence-electron chi connectivity index (χ3n) is 4.51. The van der Waals surface area contributed by atoms with E-state index in [1.165, 1.54) is 6.92 Å². The molecule has 2 amide bonds. The van der Waals surface area contributed by atoms with Crippen molar-refractivity contribution >= 4 is 27.3 Å². The van der Waals surface area contributed by atoms with E-state index in [2.05, 4.69) is 10.6 Å². The van der Waals surface area contributed by atoms with Crippen molar-refractivity contribution in [1.82, 2.24) is 5.32 Å². The van der Waals surface area contributed by atoms with Crippen LogP contribution in [-0.2, 0) is 25.8 Å². The predicted octanol–water partition coefficient (Wildman–Crippen LogP) is 1.66. The summed E-state index contributed by atoms with van der Waals surface area (Å²) in [6, 6.07) is 7.35. The molecule has 0 heterocycles. The van der Waals surface area contributed by atoms with E-state index in [0.717, 1.165) is 30.3 Å². The number of nitrogens with one attached hydrogen (secondary N) is 2. The molecule has 2 N–H and O–H groups in total. The molecule has 0 saturated heterocycles. The van der Waals surface area contributed by atoms with Gasteiger partial charge in [0.25, 0.3) is 0 Å². The Morgan fingerprint density at radius 2 is 1.71 bits per heavy atom. The molecule has 0 aliphatic heterocycles. The second-order valence-electron chi connectivity index (χ2n) is 6.36. The Morgan fingerprint density at radius 3 is 2.21 bits per heavy atom. The molecule has 1 fully saturated rings. The summed E-state index contributed by atoms with van der Waals surface area (Å²) in [5.41, 5.74) is 1.72. The maximum absolute atomic E-state index is 12.4. The number of hydrogen-bond acceptors (Lipinski definition) is 4. The lowest BCUT2D eigenvalue weighted by atomic mass is 10.1. The summed E-state index contributed by atoms with van der Waals surface area (Å²) in [6.45, 7) is 1.83. The van der Waals surface area contributed by atoms with Crippen LogP contribution >= 0.6 is 0 Å². The minimum atomic E-state index is -3.43. The van der Waals surface area contributed by atoms with Crippen LogP contribution in [0.4, 0.5) is 5.69 Å². The fraction of sp³-hybridized carbons (Fsp3) is 0.529. The van der Waals surface area contributed by atoms with Gasteiger partial charge in [-0.3, -0.25) is 9.59 Å². The Balaban J connectivity index is 1.91. The number of hydrogen-bond donors (Lipinski definition) is 2. The van der Waals surface area contributed by atoms with Crippen LogP contribution in [0.2, 0.25) is 0 Å². The minimum Gasteiger partial charge on any atom is -0.354 e. The first-order chi connectivity index (χ1) is 11.2. The second kappa shape index (κ2) is 7.34. The van der Waals surface area contributed by atoms with Gasteiger partial charge < -0.3 is 10.6 Å². The molecule has 1 aliphatic carbocycles. The summed E-state index contributed by atoms with van der Waals surface area (Å²) in [5.74, 6) is -0.505. The Bertz CT molecular complexity index is 705. The molecule has 6 nitrogen and oxygen atoms in total. The summed E-state index contributed by atoms with van der Waals surface area (Å²) in [6.07, 6.45) is 4.10. The summed E-state index contributed by atoms with van der Waals surface area (Å²) in [5, 5.41) is 5.47.